The first-order valence-corrected chi connectivity index (χ1v) is 39.4. The lowest BCUT2D eigenvalue weighted by Crippen LogP contribution is -2.45. The standard InChI is InChI=1S/C79H155NO5/c1-3-5-7-9-11-13-15-16-17-18-19-39-42-45-48-52-55-59-63-67-71-77(82)76(75-81)80-78(83)72-68-64-60-56-53-49-46-43-40-37-35-33-31-29-27-25-23-21-20-22-24-26-28-30-32-34-36-38-41-44-47-50-54-58-62-66-70-74-85-79(84)73-69-65-61-57-51-14-12-10-8-6-4-2/h10,12,76-77,81-82H,3-9,11,13-75H2,1-2H3,(H,80,83)/b12-10-. The normalized spacial score (nSPS) is 12.5. The molecule has 0 radical (unpaired) electrons. The number of rotatable bonds is 75. The minimum atomic E-state index is -0.660. The summed E-state index contributed by atoms with van der Waals surface area (Å²) in [6.07, 6.45) is 94.6. The minimum Gasteiger partial charge on any atom is -0.466 e. The molecular weight excluding hydrogens is 1040 g/mol. The molecular formula is C79H155NO5. The average Bonchev–Trinajstić information content (AvgIpc) is 3.54. The number of aliphatic hydroxyl groups excluding tert-OH is 2. The van der Waals surface area contributed by atoms with Crippen molar-refractivity contribution in [1.29, 1.82) is 0 Å². The van der Waals surface area contributed by atoms with Crippen LogP contribution < -0.4 is 5.32 Å². The fraction of sp³-hybridized carbons (Fsp3) is 0.949. The Morgan fingerprint density at radius 2 is 0.565 bits per heavy atom. The zero-order valence-electron chi connectivity index (χ0n) is 58.1. The summed E-state index contributed by atoms with van der Waals surface area (Å²) in [5, 5.41) is 23.4. The largest absolute Gasteiger partial charge is 0.466 e. The third-order valence-electron chi connectivity index (χ3n) is 18.8. The topological polar surface area (TPSA) is 95.9 Å². The molecule has 0 bridgehead atoms. The molecule has 0 spiro atoms. The summed E-state index contributed by atoms with van der Waals surface area (Å²) in [4.78, 5) is 24.6. The van der Waals surface area contributed by atoms with Gasteiger partial charge in [0.15, 0.2) is 0 Å². The zero-order valence-corrected chi connectivity index (χ0v) is 58.1. The van der Waals surface area contributed by atoms with E-state index >= 15 is 0 Å². The number of unbranched alkanes of at least 4 members (excludes halogenated alkanes) is 62. The highest BCUT2D eigenvalue weighted by Gasteiger charge is 2.20. The second-order valence-electron chi connectivity index (χ2n) is 27.4. The number of nitrogens with one attached hydrogen (secondary N) is 1. The van der Waals surface area contributed by atoms with Gasteiger partial charge in [-0.25, -0.2) is 0 Å². The molecule has 0 saturated carbocycles. The number of hydrogen-bond donors (Lipinski definition) is 3. The predicted molar refractivity (Wildman–Crippen MR) is 375 cm³/mol. The molecule has 1 amide bonds. The number of carbonyl (C=O) groups is 2. The molecule has 0 aromatic heterocycles. The van der Waals surface area contributed by atoms with Crippen molar-refractivity contribution in [3.8, 4) is 0 Å². The van der Waals surface area contributed by atoms with Gasteiger partial charge in [-0.3, -0.25) is 9.59 Å². The van der Waals surface area contributed by atoms with Crippen molar-refractivity contribution in [2.24, 2.45) is 0 Å². The van der Waals surface area contributed by atoms with Crippen LogP contribution >= 0.6 is 0 Å². The first-order chi connectivity index (χ1) is 42.0. The summed E-state index contributed by atoms with van der Waals surface area (Å²) in [7, 11) is 0. The monoisotopic (exact) mass is 1200 g/mol. The summed E-state index contributed by atoms with van der Waals surface area (Å²) < 4.78 is 5.47. The van der Waals surface area contributed by atoms with E-state index in [9.17, 15) is 19.8 Å². The van der Waals surface area contributed by atoms with E-state index in [1.807, 2.05) is 0 Å². The van der Waals surface area contributed by atoms with Gasteiger partial charge in [-0.1, -0.05) is 411 Å². The fourth-order valence-corrected chi connectivity index (χ4v) is 12.8. The van der Waals surface area contributed by atoms with Crippen LogP contribution in [0.4, 0.5) is 0 Å². The maximum Gasteiger partial charge on any atom is 0.305 e. The van der Waals surface area contributed by atoms with Crippen molar-refractivity contribution < 1.29 is 24.5 Å². The van der Waals surface area contributed by atoms with E-state index in [2.05, 4.69) is 31.3 Å². The quantitative estimate of drug-likeness (QED) is 0.0320. The molecule has 2 atom stereocenters. The minimum absolute atomic E-state index is 0.0132. The molecule has 2 unspecified atom stereocenters. The highest BCUT2D eigenvalue weighted by Crippen LogP contribution is 2.20. The van der Waals surface area contributed by atoms with Crippen molar-refractivity contribution in [2.75, 3.05) is 13.2 Å². The maximum atomic E-state index is 12.6. The molecule has 85 heavy (non-hydrogen) atoms. The van der Waals surface area contributed by atoms with E-state index < -0.39 is 12.1 Å². The third kappa shape index (κ3) is 71.6. The van der Waals surface area contributed by atoms with E-state index in [0.717, 1.165) is 44.9 Å². The summed E-state index contributed by atoms with van der Waals surface area (Å²) in [5.74, 6) is -0.0106. The highest BCUT2D eigenvalue weighted by molar-refractivity contribution is 5.76. The molecule has 0 rings (SSSR count). The van der Waals surface area contributed by atoms with E-state index in [0.29, 0.717) is 25.9 Å². The van der Waals surface area contributed by atoms with Crippen LogP contribution in [0.15, 0.2) is 12.2 Å². The predicted octanol–water partition coefficient (Wildman–Crippen LogP) is 25.9. The fourth-order valence-electron chi connectivity index (χ4n) is 12.8. The molecule has 0 aliphatic heterocycles. The lowest BCUT2D eigenvalue weighted by Gasteiger charge is -2.22. The van der Waals surface area contributed by atoms with Crippen LogP contribution in [-0.2, 0) is 14.3 Å². The van der Waals surface area contributed by atoms with Gasteiger partial charge in [0.25, 0.3) is 0 Å². The molecule has 3 N–H and O–H groups in total. The summed E-state index contributed by atoms with van der Waals surface area (Å²) in [6.45, 7) is 4.97. The average molecular weight is 1200 g/mol. The van der Waals surface area contributed by atoms with Gasteiger partial charge < -0.3 is 20.3 Å². The number of esters is 1. The number of hydrogen-bond acceptors (Lipinski definition) is 5. The van der Waals surface area contributed by atoms with Crippen LogP contribution in [0.5, 0.6) is 0 Å². The van der Waals surface area contributed by atoms with E-state index in [-0.39, 0.29) is 18.5 Å². The van der Waals surface area contributed by atoms with E-state index in [1.165, 1.54) is 379 Å². The van der Waals surface area contributed by atoms with Crippen LogP contribution in [0.3, 0.4) is 0 Å². The molecule has 0 aromatic rings. The van der Waals surface area contributed by atoms with Gasteiger partial charge >= 0.3 is 5.97 Å². The second-order valence-corrected chi connectivity index (χ2v) is 27.4. The van der Waals surface area contributed by atoms with Gasteiger partial charge in [0, 0.05) is 12.8 Å². The molecule has 6 nitrogen and oxygen atoms in total. The third-order valence-corrected chi connectivity index (χ3v) is 18.8. The highest BCUT2D eigenvalue weighted by atomic mass is 16.5. The van der Waals surface area contributed by atoms with Gasteiger partial charge in [-0.15, -0.1) is 0 Å². The Hall–Kier alpha value is -1.40. The molecule has 0 heterocycles. The van der Waals surface area contributed by atoms with E-state index in [4.69, 9.17) is 4.74 Å². The van der Waals surface area contributed by atoms with E-state index in [1.54, 1.807) is 0 Å². The molecule has 506 valence electrons. The van der Waals surface area contributed by atoms with Gasteiger partial charge in [0.2, 0.25) is 5.91 Å². The molecule has 0 aliphatic carbocycles. The molecule has 6 heteroatoms. The Balaban J connectivity index is 3.30. The number of amides is 1. The second kappa shape index (κ2) is 75.1. The van der Waals surface area contributed by atoms with Gasteiger partial charge in [0.05, 0.1) is 25.4 Å². The first kappa shape index (κ1) is 83.6. The lowest BCUT2D eigenvalue weighted by molar-refractivity contribution is -0.143. The van der Waals surface area contributed by atoms with Gasteiger partial charge in [-0.2, -0.15) is 0 Å². The van der Waals surface area contributed by atoms with Crippen LogP contribution in [0.1, 0.15) is 457 Å². The van der Waals surface area contributed by atoms with Crippen LogP contribution in [0.2, 0.25) is 0 Å². The van der Waals surface area contributed by atoms with Gasteiger partial charge in [-0.05, 0) is 44.9 Å². The molecule has 0 aromatic carbocycles. The first-order valence-electron chi connectivity index (χ1n) is 39.4. The lowest BCUT2D eigenvalue weighted by atomic mass is 10.0. The van der Waals surface area contributed by atoms with Gasteiger partial charge in [0.1, 0.15) is 0 Å². The van der Waals surface area contributed by atoms with Crippen molar-refractivity contribution in [2.45, 2.75) is 469 Å². The Morgan fingerprint density at radius 1 is 0.318 bits per heavy atom. The summed E-state index contributed by atoms with van der Waals surface area (Å²) in [5.41, 5.74) is 0. The molecule has 0 fully saturated rings. The summed E-state index contributed by atoms with van der Waals surface area (Å²) >= 11 is 0. The van der Waals surface area contributed by atoms with Crippen molar-refractivity contribution in [3.05, 3.63) is 12.2 Å². The van der Waals surface area contributed by atoms with Crippen LogP contribution in [0.25, 0.3) is 0 Å². The van der Waals surface area contributed by atoms with Crippen molar-refractivity contribution in [1.82, 2.24) is 5.32 Å². The van der Waals surface area contributed by atoms with Crippen LogP contribution in [-0.4, -0.2) is 47.4 Å². The van der Waals surface area contributed by atoms with Crippen molar-refractivity contribution in [3.63, 3.8) is 0 Å². The van der Waals surface area contributed by atoms with Crippen LogP contribution in [0, 0.1) is 0 Å². The maximum absolute atomic E-state index is 12.6. The zero-order chi connectivity index (χ0) is 61.3. The number of aliphatic hydroxyl groups is 2. The smallest absolute Gasteiger partial charge is 0.305 e. The Kier molecular flexibility index (Phi) is 73.8. The number of ether oxygens (including phenoxy) is 1. The van der Waals surface area contributed by atoms with Crippen molar-refractivity contribution >= 4 is 11.9 Å². The number of allylic oxidation sites excluding steroid dienone is 2. The SMILES string of the molecule is CCCC/C=C\CCCCCCCC(=O)OCCCCCCCCCCCCCCCCCCCCCCCCCCCCCCCCCCCCCCCC(=O)NC(CO)C(O)CCCCCCCCCCCCCCCCCCCCCC. The Bertz CT molecular complexity index is 1290. The summed E-state index contributed by atoms with van der Waals surface area (Å²) in [6, 6.07) is -0.537. The Morgan fingerprint density at radius 3 is 0.871 bits per heavy atom. The Labute approximate surface area is 533 Å². The molecule has 0 aliphatic rings. The number of carbonyl (C=O) groups excluding carboxylic acids is 2. The molecule has 0 saturated heterocycles.